The number of aromatic nitrogens is 3. The molecule has 0 bridgehead atoms. The van der Waals surface area contributed by atoms with E-state index in [2.05, 4.69) is 15.2 Å². The van der Waals surface area contributed by atoms with Gasteiger partial charge >= 0.3 is 0 Å². The highest BCUT2D eigenvalue weighted by Crippen LogP contribution is 2.23. The highest BCUT2D eigenvalue weighted by molar-refractivity contribution is 6.05. The van der Waals surface area contributed by atoms with Gasteiger partial charge in [0.2, 0.25) is 0 Å². The van der Waals surface area contributed by atoms with Crippen LogP contribution in [-0.4, -0.2) is 39.1 Å². The summed E-state index contributed by atoms with van der Waals surface area (Å²) in [5.41, 5.74) is 1.70. The molecule has 5 heteroatoms. The largest absolute Gasteiger partial charge is 0.337 e. The van der Waals surface area contributed by atoms with E-state index in [0.717, 1.165) is 48.8 Å². The summed E-state index contributed by atoms with van der Waals surface area (Å²) in [7, 11) is 0. The van der Waals surface area contributed by atoms with Crippen molar-refractivity contribution in [3.8, 4) is 0 Å². The lowest BCUT2D eigenvalue weighted by molar-refractivity contribution is 0.0669. The molecule has 1 aliphatic heterocycles. The van der Waals surface area contributed by atoms with E-state index in [4.69, 9.17) is 0 Å². The maximum absolute atomic E-state index is 13.0. The lowest BCUT2D eigenvalue weighted by atomic mass is 9.93. The molecule has 1 fully saturated rings. The quantitative estimate of drug-likeness (QED) is 0.807. The summed E-state index contributed by atoms with van der Waals surface area (Å²) in [4.78, 5) is 19.3. The number of benzene rings is 1. The minimum absolute atomic E-state index is 0.0427. The summed E-state index contributed by atoms with van der Waals surface area (Å²) in [5.74, 6) is 0.513. The second-order valence-corrected chi connectivity index (χ2v) is 6.43. The molecule has 0 aliphatic carbocycles. The van der Waals surface area contributed by atoms with Gasteiger partial charge in [0.25, 0.3) is 5.91 Å². The van der Waals surface area contributed by atoms with E-state index in [-0.39, 0.29) is 5.91 Å². The van der Waals surface area contributed by atoms with Gasteiger partial charge in [0.1, 0.15) is 5.69 Å². The van der Waals surface area contributed by atoms with Crippen molar-refractivity contribution in [2.24, 2.45) is 5.92 Å². The number of carbonyl (C=O) groups is 1. The monoisotopic (exact) mass is 320 g/mol. The summed E-state index contributed by atoms with van der Waals surface area (Å²) in [6.07, 6.45) is 6.62. The van der Waals surface area contributed by atoms with Crippen LogP contribution in [0.1, 0.15) is 29.0 Å². The van der Waals surface area contributed by atoms with Gasteiger partial charge in [-0.05, 0) is 42.7 Å². The molecule has 3 heterocycles. The number of hydrogen-bond donors (Lipinski definition) is 1. The van der Waals surface area contributed by atoms with Crippen molar-refractivity contribution in [2.75, 3.05) is 13.1 Å². The van der Waals surface area contributed by atoms with Crippen molar-refractivity contribution in [3.63, 3.8) is 0 Å². The van der Waals surface area contributed by atoms with E-state index < -0.39 is 0 Å². The van der Waals surface area contributed by atoms with Crippen LogP contribution in [0.15, 0.2) is 48.8 Å². The standard InChI is InChI=1S/C19H20N4O/c24-19(18-17-6-2-1-5-15(17)7-9-20-18)23-11-3-4-14(13-23)12-16-8-10-21-22-16/h1-2,5-10,14H,3-4,11-13H2,(H,21,22)/t14-/m1/s1. The Morgan fingerprint density at radius 1 is 1.21 bits per heavy atom. The van der Waals surface area contributed by atoms with Crippen molar-refractivity contribution >= 4 is 16.7 Å². The first-order valence-corrected chi connectivity index (χ1v) is 8.42. The molecule has 24 heavy (non-hydrogen) atoms. The lowest BCUT2D eigenvalue weighted by Crippen LogP contribution is -2.41. The fraction of sp³-hybridized carbons (Fsp3) is 0.316. The molecule has 1 atom stereocenters. The molecule has 122 valence electrons. The van der Waals surface area contributed by atoms with Gasteiger partial charge in [0.05, 0.1) is 0 Å². The number of pyridine rings is 1. The second kappa shape index (κ2) is 6.43. The summed E-state index contributed by atoms with van der Waals surface area (Å²) in [5, 5.41) is 9.02. The number of nitrogens with one attached hydrogen (secondary N) is 1. The number of fused-ring (bicyclic) bond motifs is 1. The third-order valence-corrected chi connectivity index (χ3v) is 4.75. The SMILES string of the molecule is O=C(c1nccc2ccccc12)N1CCC[C@H](Cc2ccn[nH]2)C1. The summed E-state index contributed by atoms with van der Waals surface area (Å²) in [6.45, 7) is 1.59. The van der Waals surface area contributed by atoms with Crippen LogP contribution in [0.25, 0.3) is 10.8 Å². The van der Waals surface area contributed by atoms with Gasteiger partial charge in [-0.1, -0.05) is 24.3 Å². The molecule has 1 amide bonds. The van der Waals surface area contributed by atoms with E-state index in [0.29, 0.717) is 11.6 Å². The Labute approximate surface area is 140 Å². The van der Waals surface area contributed by atoms with Crippen LogP contribution in [-0.2, 0) is 6.42 Å². The van der Waals surface area contributed by atoms with Crippen LogP contribution < -0.4 is 0 Å². The number of H-pyrrole nitrogens is 1. The predicted molar refractivity (Wildman–Crippen MR) is 92.7 cm³/mol. The maximum atomic E-state index is 13.0. The summed E-state index contributed by atoms with van der Waals surface area (Å²) in [6, 6.07) is 11.9. The Morgan fingerprint density at radius 3 is 3.00 bits per heavy atom. The number of aromatic amines is 1. The molecule has 1 aromatic carbocycles. The fourth-order valence-corrected chi connectivity index (χ4v) is 3.57. The zero-order valence-electron chi connectivity index (χ0n) is 13.5. The first-order chi connectivity index (χ1) is 11.8. The van der Waals surface area contributed by atoms with E-state index in [9.17, 15) is 4.79 Å². The average Bonchev–Trinajstić information content (AvgIpc) is 3.14. The molecule has 1 saturated heterocycles. The minimum Gasteiger partial charge on any atom is -0.337 e. The Morgan fingerprint density at radius 2 is 2.12 bits per heavy atom. The summed E-state index contributed by atoms with van der Waals surface area (Å²) >= 11 is 0. The van der Waals surface area contributed by atoms with E-state index >= 15 is 0 Å². The zero-order chi connectivity index (χ0) is 16.4. The minimum atomic E-state index is 0.0427. The molecule has 1 aliphatic rings. The average molecular weight is 320 g/mol. The molecular formula is C19H20N4O. The normalized spacial score (nSPS) is 18.0. The van der Waals surface area contributed by atoms with Crippen LogP contribution in [0.4, 0.5) is 0 Å². The number of rotatable bonds is 3. The topological polar surface area (TPSA) is 61.9 Å². The van der Waals surface area contributed by atoms with Gasteiger partial charge in [0, 0.05) is 36.6 Å². The molecule has 0 spiro atoms. The van der Waals surface area contributed by atoms with Gasteiger partial charge in [-0.3, -0.25) is 14.9 Å². The van der Waals surface area contributed by atoms with Gasteiger partial charge in [-0.2, -0.15) is 5.10 Å². The molecule has 0 saturated carbocycles. The number of nitrogens with zero attached hydrogens (tertiary/aromatic N) is 3. The van der Waals surface area contributed by atoms with Crippen LogP contribution in [0.5, 0.6) is 0 Å². The Kier molecular flexibility index (Phi) is 3.99. The second-order valence-electron chi connectivity index (χ2n) is 6.43. The molecule has 1 N–H and O–H groups in total. The summed E-state index contributed by atoms with van der Waals surface area (Å²) < 4.78 is 0. The van der Waals surface area contributed by atoms with Gasteiger partial charge in [0.15, 0.2) is 0 Å². The maximum Gasteiger partial charge on any atom is 0.273 e. The molecule has 0 unspecified atom stereocenters. The zero-order valence-corrected chi connectivity index (χ0v) is 13.5. The van der Waals surface area contributed by atoms with E-state index in [1.807, 2.05) is 41.3 Å². The molecule has 5 nitrogen and oxygen atoms in total. The first kappa shape index (κ1) is 14.9. The van der Waals surface area contributed by atoms with Crippen LogP contribution in [0.3, 0.4) is 0 Å². The highest BCUT2D eigenvalue weighted by Gasteiger charge is 2.26. The van der Waals surface area contributed by atoms with E-state index in [1.165, 1.54) is 0 Å². The Hall–Kier alpha value is -2.69. The van der Waals surface area contributed by atoms with Crippen molar-refractivity contribution in [3.05, 3.63) is 60.2 Å². The number of piperidine rings is 1. The van der Waals surface area contributed by atoms with Crippen molar-refractivity contribution in [1.82, 2.24) is 20.1 Å². The molecule has 2 aromatic heterocycles. The van der Waals surface area contributed by atoms with Gasteiger partial charge in [-0.15, -0.1) is 0 Å². The number of carbonyl (C=O) groups excluding carboxylic acids is 1. The molecule has 3 aromatic rings. The highest BCUT2D eigenvalue weighted by atomic mass is 16.2. The number of hydrogen-bond acceptors (Lipinski definition) is 3. The Balaban J connectivity index is 1.55. The van der Waals surface area contributed by atoms with Crippen LogP contribution >= 0.6 is 0 Å². The van der Waals surface area contributed by atoms with Crippen LogP contribution in [0, 0.1) is 5.92 Å². The third kappa shape index (κ3) is 2.89. The first-order valence-electron chi connectivity index (χ1n) is 8.42. The van der Waals surface area contributed by atoms with Crippen molar-refractivity contribution in [1.29, 1.82) is 0 Å². The van der Waals surface area contributed by atoms with Crippen molar-refractivity contribution < 1.29 is 4.79 Å². The fourth-order valence-electron chi connectivity index (χ4n) is 3.57. The molecule has 4 rings (SSSR count). The van der Waals surface area contributed by atoms with Crippen molar-refractivity contribution in [2.45, 2.75) is 19.3 Å². The van der Waals surface area contributed by atoms with Gasteiger partial charge < -0.3 is 4.90 Å². The third-order valence-electron chi connectivity index (χ3n) is 4.75. The van der Waals surface area contributed by atoms with E-state index in [1.54, 1.807) is 12.4 Å². The Bertz CT molecular complexity index is 838. The lowest BCUT2D eigenvalue weighted by Gasteiger charge is -2.32. The number of likely N-dealkylation sites (tertiary alicyclic amines) is 1. The number of amides is 1. The molecular weight excluding hydrogens is 300 g/mol. The van der Waals surface area contributed by atoms with Crippen LogP contribution in [0.2, 0.25) is 0 Å². The predicted octanol–water partition coefficient (Wildman–Crippen LogP) is 3.05. The smallest absolute Gasteiger partial charge is 0.273 e. The van der Waals surface area contributed by atoms with Gasteiger partial charge in [-0.25, -0.2) is 0 Å². The molecule has 0 radical (unpaired) electrons.